The van der Waals surface area contributed by atoms with Gasteiger partial charge in [-0.15, -0.1) is 0 Å². The van der Waals surface area contributed by atoms with Gasteiger partial charge in [0.2, 0.25) is 0 Å². The Morgan fingerprint density at radius 3 is 2.00 bits per heavy atom. The minimum Gasteiger partial charge on any atom is -0.481 e. The van der Waals surface area contributed by atoms with Crippen LogP contribution in [0.2, 0.25) is 0 Å². The van der Waals surface area contributed by atoms with Crippen LogP contribution in [0.4, 0.5) is 0 Å². The first-order valence-corrected chi connectivity index (χ1v) is 7.01. The van der Waals surface area contributed by atoms with E-state index in [1.54, 1.807) is 13.8 Å². The third-order valence-corrected chi connectivity index (χ3v) is 4.09. The smallest absolute Gasteiger partial charge is 0.303 e. The maximum absolute atomic E-state index is 11.9. The van der Waals surface area contributed by atoms with Gasteiger partial charge in [-0.05, 0) is 38.5 Å². The molecular weight excluding hydrogens is 258 g/mol. The normalized spacial score (nSPS) is 17.4. The molecule has 0 fully saturated rings. The molecule has 1 rings (SSSR count). The van der Waals surface area contributed by atoms with Crippen LogP contribution < -0.4 is 0 Å². The molecule has 1 N–H and O–H groups in total. The van der Waals surface area contributed by atoms with Gasteiger partial charge in [-0.25, -0.2) is 0 Å². The molecule has 1 aliphatic rings. The summed E-state index contributed by atoms with van der Waals surface area (Å²) in [6.45, 7) is 7.78. The Bertz CT molecular complexity index is 427. The molecule has 1 unspecified atom stereocenters. The number of imide groups is 1. The lowest BCUT2D eigenvalue weighted by molar-refractivity contribution is -0.139. The van der Waals surface area contributed by atoms with E-state index >= 15 is 0 Å². The molecular formula is C15H23NO4. The van der Waals surface area contributed by atoms with Crippen LogP contribution in [-0.2, 0) is 14.4 Å². The fraction of sp³-hybridized carbons (Fsp3) is 0.667. The quantitative estimate of drug-likeness (QED) is 0.726. The average molecular weight is 281 g/mol. The SMILES string of the molecule is CC1=C(C)C(=O)N(CCC(CCC(=O)O)C(C)C)C1=O. The van der Waals surface area contributed by atoms with E-state index in [0.29, 0.717) is 36.5 Å². The highest BCUT2D eigenvalue weighted by Crippen LogP contribution is 2.25. The van der Waals surface area contributed by atoms with Gasteiger partial charge in [0.1, 0.15) is 0 Å². The van der Waals surface area contributed by atoms with Crippen molar-refractivity contribution in [2.45, 2.75) is 47.0 Å². The first kappa shape index (κ1) is 16.4. The van der Waals surface area contributed by atoms with Crippen LogP contribution in [-0.4, -0.2) is 34.3 Å². The Kier molecular flexibility index (Phi) is 5.48. The predicted molar refractivity (Wildman–Crippen MR) is 74.9 cm³/mol. The van der Waals surface area contributed by atoms with Crippen LogP contribution in [0.5, 0.6) is 0 Å². The van der Waals surface area contributed by atoms with Crippen molar-refractivity contribution in [2.75, 3.05) is 6.54 Å². The standard InChI is InChI=1S/C15H23NO4/c1-9(2)12(5-6-13(17)18)7-8-16-14(19)10(3)11(4)15(16)20/h9,12H,5-8H2,1-4H3,(H,17,18). The number of carbonyl (C=O) groups is 3. The summed E-state index contributed by atoms with van der Waals surface area (Å²) in [6, 6.07) is 0. The molecule has 0 radical (unpaired) electrons. The number of amides is 2. The maximum atomic E-state index is 11.9. The zero-order valence-electron chi connectivity index (χ0n) is 12.6. The first-order chi connectivity index (χ1) is 9.25. The van der Waals surface area contributed by atoms with Crippen molar-refractivity contribution in [3.63, 3.8) is 0 Å². The molecule has 5 heteroatoms. The number of carboxylic acid groups (broad SMARTS) is 1. The second kappa shape index (κ2) is 6.68. The van der Waals surface area contributed by atoms with Crippen LogP contribution in [0.25, 0.3) is 0 Å². The summed E-state index contributed by atoms with van der Waals surface area (Å²) in [5.41, 5.74) is 1.03. The fourth-order valence-electron chi connectivity index (χ4n) is 2.44. The molecule has 1 aliphatic heterocycles. The number of nitrogens with zero attached hydrogens (tertiary/aromatic N) is 1. The highest BCUT2D eigenvalue weighted by molar-refractivity contribution is 6.18. The summed E-state index contributed by atoms with van der Waals surface area (Å²) in [5.74, 6) is -0.705. The molecule has 0 aliphatic carbocycles. The number of hydrogen-bond donors (Lipinski definition) is 1. The lowest BCUT2D eigenvalue weighted by Crippen LogP contribution is -2.34. The Morgan fingerprint density at radius 1 is 1.10 bits per heavy atom. The van der Waals surface area contributed by atoms with Crippen LogP contribution in [0.3, 0.4) is 0 Å². The average Bonchev–Trinajstić information content (AvgIpc) is 2.54. The second-order valence-electron chi connectivity index (χ2n) is 5.74. The van der Waals surface area contributed by atoms with Crippen molar-refractivity contribution >= 4 is 17.8 Å². The number of aliphatic carboxylic acids is 1. The first-order valence-electron chi connectivity index (χ1n) is 7.01. The van der Waals surface area contributed by atoms with Crippen LogP contribution in [0.1, 0.15) is 47.0 Å². The van der Waals surface area contributed by atoms with Gasteiger partial charge in [-0.3, -0.25) is 19.3 Å². The minimum atomic E-state index is -0.808. The summed E-state index contributed by atoms with van der Waals surface area (Å²) in [5, 5.41) is 8.75. The molecule has 0 spiro atoms. The maximum Gasteiger partial charge on any atom is 0.303 e. The van der Waals surface area contributed by atoms with Crippen molar-refractivity contribution in [2.24, 2.45) is 11.8 Å². The lowest BCUT2D eigenvalue weighted by Gasteiger charge is -2.23. The Morgan fingerprint density at radius 2 is 1.60 bits per heavy atom. The number of carbonyl (C=O) groups excluding carboxylic acids is 2. The molecule has 1 atom stereocenters. The highest BCUT2D eigenvalue weighted by Gasteiger charge is 2.33. The van der Waals surface area contributed by atoms with Gasteiger partial charge in [0, 0.05) is 24.1 Å². The Hall–Kier alpha value is -1.65. The molecule has 0 saturated heterocycles. The molecule has 0 aromatic rings. The molecule has 112 valence electrons. The van der Waals surface area contributed by atoms with Crippen molar-refractivity contribution in [3.05, 3.63) is 11.1 Å². The van der Waals surface area contributed by atoms with Crippen LogP contribution >= 0.6 is 0 Å². The molecule has 0 saturated carbocycles. The van der Waals surface area contributed by atoms with Gasteiger partial charge >= 0.3 is 5.97 Å². The molecule has 0 aromatic heterocycles. The summed E-state index contributed by atoms with van der Waals surface area (Å²) < 4.78 is 0. The second-order valence-corrected chi connectivity index (χ2v) is 5.74. The largest absolute Gasteiger partial charge is 0.481 e. The highest BCUT2D eigenvalue weighted by atomic mass is 16.4. The van der Waals surface area contributed by atoms with Gasteiger partial charge in [0.15, 0.2) is 0 Å². The van der Waals surface area contributed by atoms with E-state index in [4.69, 9.17) is 5.11 Å². The van der Waals surface area contributed by atoms with Crippen molar-refractivity contribution in [1.82, 2.24) is 4.90 Å². The fourth-order valence-corrected chi connectivity index (χ4v) is 2.44. The Balaban J connectivity index is 2.59. The van der Waals surface area contributed by atoms with E-state index in [1.165, 1.54) is 4.90 Å². The molecule has 5 nitrogen and oxygen atoms in total. The molecule has 20 heavy (non-hydrogen) atoms. The molecule has 2 amide bonds. The van der Waals surface area contributed by atoms with Crippen molar-refractivity contribution < 1.29 is 19.5 Å². The number of rotatable bonds is 7. The monoisotopic (exact) mass is 281 g/mol. The van der Waals surface area contributed by atoms with E-state index in [-0.39, 0.29) is 24.2 Å². The molecule has 0 bridgehead atoms. The summed E-state index contributed by atoms with van der Waals surface area (Å²) in [7, 11) is 0. The van der Waals surface area contributed by atoms with Crippen LogP contribution in [0, 0.1) is 11.8 Å². The number of carboxylic acids is 1. The zero-order chi connectivity index (χ0) is 15.4. The predicted octanol–water partition coefficient (Wildman–Crippen LogP) is 2.22. The summed E-state index contributed by atoms with van der Waals surface area (Å²) >= 11 is 0. The van der Waals surface area contributed by atoms with E-state index in [1.807, 2.05) is 13.8 Å². The van der Waals surface area contributed by atoms with Gasteiger partial charge in [-0.1, -0.05) is 13.8 Å². The van der Waals surface area contributed by atoms with Gasteiger partial charge in [0.25, 0.3) is 11.8 Å². The van der Waals surface area contributed by atoms with E-state index < -0.39 is 5.97 Å². The summed E-state index contributed by atoms with van der Waals surface area (Å²) in [6.07, 6.45) is 1.36. The molecule has 1 heterocycles. The van der Waals surface area contributed by atoms with E-state index in [0.717, 1.165) is 0 Å². The Labute approximate surface area is 119 Å². The summed E-state index contributed by atoms with van der Waals surface area (Å²) in [4.78, 5) is 35.8. The number of hydrogen-bond acceptors (Lipinski definition) is 3. The topological polar surface area (TPSA) is 74.7 Å². The minimum absolute atomic E-state index is 0.126. The van der Waals surface area contributed by atoms with Gasteiger partial charge in [0.05, 0.1) is 0 Å². The van der Waals surface area contributed by atoms with E-state index in [9.17, 15) is 14.4 Å². The third kappa shape index (κ3) is 3.68. The third-order valence-electron chi connectivity index (χ3n) is 4.09. The van der Waals surface area contributed by atoms with Crippen molar-refractivity contribution in [3.8, 4) is 0 Å². The van der Waals surface area contributed by atoms with Gasteiger partial charge in [-0.2, -0.15) is 0 Å². The van der Waals surface area contributed by atoms with Crippen molar-refractivity contribution in [1.29, 1.82) is 0 Å². The van der Waals surface area contributed by atoms with Crippen LogP contribution in [0.15, 0.2) is 11.1 Å². The van der Waals surface area contributed by atoms with E-state index in [2.05, 4.69) is 0 Å². The van der Waals surface area contributed by atoms with Gasteiger partial charge < -0.3 is 5.11 Å². The lowest BCUT2D eigenvalue weighted by atomic mass is 9.88. The zero-order valence-corrected chi connectivity index (χ0v) is 12.6. The molecule has 0 aromatic carbocycles.